The minimum atomic E-state index is 0. The molecule has 0 atom stereocenters. The summed E-state index contributed by atoms with van der Waals surface area (Å²) in [6.45, 7) is 7.23. The van der Waals surface area contributed by atoms with Crippen LogP contribution in [0.3, 0.4) is 0 Å². The van der Waals surface area contributed by atoms with Gasteiger partial charge in [0.05, 0.1) is 24.6 Å². The van der Waals surface area contributed by atoms with Crippen molar-refractivity contribution in [3.05, 3.63) is 95.1 Å². The zero-order valence-corrected chi connectivity index (χ0v) is 21.6. The minimum Gasteiger partial charge on any atom is -0.378 e. The van der Waals surface area contributed by atoms with E-state index in [-0.39, 0.29) is 17.0 Å². The number of hydrogen-bond donors (Lipinski definition) is 0. The lowest BCUT2D eigenvalue weighted by atomic mass is 10.1. The number of thioether (sulfide) groups is 1. The van der Waals surface area contributed by atoms with E-state index in [1.54, 1.807) is 0 Å². The minimum absolute atomic E-state index is 0. The van der Waals surface area contributed by atoms with Gasteiger partial charge in [0.25, 0.3) is 0 Å². The molecule has 3 aromatic rings. The number of halogens is 1. The monoisotopic (exact) mass is 548 g/mol. The third-order valence-corrected chi connectivity index (χ3v) is 6.69. The first-order valence-corrected chi connectivity index (χ1v) is 12.0. The Morgan fingerprint density at radius 3 is 2.40 bits per heavy atom. The van der Waals surface area contributed by atoms with Gasteiger partial charge in [0, 0.05) is 25.0 Å². The molecule has 0 spiro atoms. The Kier molecular flexibility index (Phi) is 8.08. The van der Waals surface area contributed by atoms with Crippen LogP contribution in [0, 0.1) is 11.3 Å². The Hall–Kier alpha value is -3.32. The Bertz CT molecular complexity index is 1280. The number of morpholine rings is 1. The molecule has 2 aromatic carbocycles. The van der Waals surface area contributed by atoms with Crippen molar-refractivity contribution in [3.8, 4) is 11.8 Å². The van der Waals surface area contributed by atoms with Crippen molar-refractivity contribution in [2.24, 2.45) is 0 Å². The molecule has 178 valence electrons. The molecular formula is C26H25BrN6OS. The Balaban J connectivity index is 0.00000289. The third-order valence-electron chi connectivity index (χ3n) is 5.70. The summed E-state index contributed by atoms with van der Waals surface area (Å²) in [4.78, 5) is 4.27. The van der Waals surface area contributed by atoms with Crippen LogP contribution in [0.25, 0.3) is 17.0 Å². The van der Waals surface area contributed by atoms with Crippen LogP contribution in [0.1, 0.15) is 11.4 Å². The quantitative estimate of drug-likeness (QED) is 0.313. The van der Waals surface area contributed by atoms with Crippen LogP contribution in [0.15, 0.2) is 83.8 Å². The second-order valence-corrected chi connectivity index (χ2v) is 8.63. The fourth-order valence-electron chi connectivity index (χ4n) is 4.10. The van der Waals surface area contributed by atoms with Crippen molar-refractivity contribution in [2.75, 3.05) is 37.7 Å². The van der Waals surface area contributed by atoms with Gasteiger partial charge in [-0.05, 0) is 17.7 Å². The van der Waals surface area contributed by atoms with E-state index in [2.05, 4.69) is 50.2 Å². The van der Waals surface area contributed by atoms with Crippen LogP contribution in [0.2, 0.25) is 0 Å². The van der Waals surface area contributed by atoms with Crippen LogP contribution in [-0.4, -0.2) is 52.5 Å². The molecule has 0 aliphatic carbocycles. The smallest absolute Gasteiger partial charge is 0.232 e. The normalized spacial score (nSPS) is 16.8. The highest BCUT2D eigenvalue weighted by Gasteiger charge is 2.30. The van der Waals surface area contributed by atoms with E-state index in [0.717, 1.165) is 35.1 Å². The Morgan fingerprint density at radius 2 is 1.74 bits per heavy atom. The molecule has 0 radical (unpaired) electrons. The largest absolute Gasteiger partial charge is 0.378 e. The first-order chi connectivity index (χ1) is 16.8. The molecule has 0 bridgehead atoms. The number of anilines is 1. The number of aromatic nitrogens is 3. The number of ether oxygens (including phenoxy) is 1. The van der Waals surface area contributed by atoms with Gasteiger partial charge in [-0.15, -0.1) is 33.8 Å². The summed E-state index contributed by atoms with van der Waals surface area (Å²) >= 11 is 1.53. The van der Waals surface area contributed by atoms with Crippen LogP contribution in [-0.2, 0) is 4.74 Å². The van der Waals surface area contributed by atoms with Gasteiger partial charge in [0.1, 0.15) is 16.7 Å². The molecule has 2 aliphatic rings. The predicted octanol–water partition coefficient (Wildman–Crippen LogP) is 5.11. The lowest BCUT2D eigenvalue weighted by Gasteiger charge is -2.28. The van der Waals surface area contributed by atoms with E-state index in [9.17, 15) is 5.26 Å². The molecule has 0 saturated carbocycles. The average molecular weight is 549 g/mol. The van der Waals surface area contributed by atoms with Gasteiger partial charge >= 0.3 is 0 Å². The standard InChI is InChI=1S/C26H24N6OS.BrH/c1-2-13-31-23(20-9-5-3-6-10-20)19-34-25(31)22(18-27)24-28-29-26(30-14-16-33-17-15-30)32(24)21-11-7-4-8-12-21;/h2-12,19H,1,13-17H2;1H. The van der Waals surface area contributed by atoms with E-state index in [1.807, 2.05) is 59.2 Å². The molecule has 3 heterocycles. The maximum atomic E-state index is 10.4. The number of hydrogen-bond acceptors (Lipinski definition) is 7. The first kappa shape index (κ1) is 24.8. The average Bonchev–Trinajstić information content (AvgIpc) is 3.52. The van der Waals surface area contributed by atoms with Gasteiger partial charge < -0.3 is 14.5 Å². The lowest BCUT2D eigenvalue weighted by Crippen LogP contribution is -2.38. The zero-order chi connectivity index (χ0) is 23.3. The molecule has 35 heavy (non-hydrogen) atoms. The fraction of sp³-hybridized carbons (Fsp3) is 0.192. The van der Waals surface area contributed by atoms with Crippen molar-refractivity contribution in [1.29, 1.82) is 5.26 Å². The highest BCUT2D eigenvalue weighted by molar-refractivity contribution is 8.93. The van der Waals surface area contributed by atoms with Gasteiger partial charge in [-0.1, -0.05) is 66.4 Å². The number of nitriles is 1. The highest BCUT2D eigenvalue weighted by atomic mass is 79.9. The van der Waals surface area contributed by atoms with E-state index in [4.69, 9.17) is 4.74 Å². The van der Waals surface area contributed by atoms with Crippen LogP contribution in [0.5, 0.6) is 0 Å². The van der Waals surface area contributed by atoms with Gasteiger partial charge in [-0.25, -0.2) is 0 Å². The van der Waals surface area contributed by atoms with Gasteiger partial charge in [-0.3, -0.25) is 4.57 Å². The Labute approximate surface area is 219 Å². The zero-order valence-electron chi connectivity index (χ0n) is 19.1. The summed E-state index contributed by atoms with van der Waals surface area (Å²) in [5.74, 6) is 1.24. The van der Waals surface area contributed by atoms with E-state index < -0.39 is 0 Å². The van der Waals surface area contributed by atoms with Gasteiger partial charge in [-0.2, -0.15) is 5.26 Å². The second-order valence-electron chi connectivity index (χ2n) is 7.77. The van der Waals surface area contributed by atoms with Crippen molar-refractivity contribution in [3.63, 3.8) is 0 Å². The van der Waals surface area contributed by atoms with Crippen LogP contribution < -0.4 is 4.90 Å². The summed E-state index contributed by atoms with van der Waals surface area (Å²) in [6, 6.07) is 22.5. The predicted molar refractivity (Wildman–Crippen MR) is 146 cm³/mol. The molecule has 7 nitrogen and oxygen atoms in total. The summed E-state index contributed by atoms with van der Waals surface area (Å²) < 4.78 is 7.51. The first-order valence-electron chi connectivity index (χ1n) is 11.1. The highest BCUT2D eigenvalue weighted by Crippen LogP contribution is 2.43. The van der Waals surface area contributed by atoms with Crippen LogP contribution >= 0.6 is 28.7 Å². The number of nitrogens with zero attached hydrogens (tertiary/aromatic N) is 6. The maximum absolute atomic E-state index is 10.4. The van der Waals surface area contributed by atoms with E-state index in [0.29, 0.717) is 37.1 Å². The number of para-hydroxylation sites is 1. The molecule has 2 aliphatic heterocycles. The number of rotatable bonds is 6. The number of allylic oxidation sites excluding steroid dienone is 1. The van der Waals surface area contributed by atoms with Crippen molar-refractivity contribution in [2.45, 2.75) is 0 Å². The molecule has 9 heteroatoms. The van der Waals surface area contributed by atoms with Crippen molar-refractivity contribution in [1.82, 2.24) is 19.7 Å². The van der Waals surface area contributed by atoms with Crippen molar-refractivity contribution >= 4 is 46.0 Å². The summed E-state index contributed by atoms with van der Waals surface area (Å²) in [5, 5.41) is 22.3. The number of benzene rings is 2. The summed E-state index contributed by atoms with van der Waals surface area (Å²) in [6.07, 6.45) is 1.85. The molecule has 1 saturated heterocycles. The van der Waals surface area contributed by atoms with E-state index in [1.165, 1.54) is 11.8 Å². The fourth-order valence-corrected chi connectivity index (χ4v) is 5.14. The topological polar surface area (TPSA) is 70.2 Å². The van der Waals surface area contributed by atoms with Crippen LogP contribution in [0.4, 0.5) is 5.95 Å². The second kappa shape index (κ2) is 11.4. The molecule has 5 rings (SSSR count). The lowest BCUT2D eigenvalue weighted by molar-refractivity contribution is 0.122. The molecule has 0 N–H and O–H groups in total. The molecule has 1 fully saturated rings. The molecule has 0 amide bonds. The summed E-state index contributed by atoms with van der Waals surface area (Å²) in [7, 11) is 0. The molecule has 1 aromatic heterocycles. The van der Waals surface area contributed by atoms with Gasteiger partial charge in [0.15, 0.2) is 5.82 Å². The molecular weight excluding hydrogens is 524 g/mol. The van der Waals surface area contributed by atoms with Crippen molar-refractivity contribution < 1.29 is 4.74 Å². The SMILES string of the molecule is Br.C=CCN1C(c2ccccc2)=CSC1=C(C#N)c1nnc(N2CCOCC2)n1-c1ccccc1. The summed E-state index contributed by atoms with van der Waals surface area (Å²) in [5.41, 5.74) is 3.51. The van der Waals surface area contributed by atoms with Gasteiger partial charge in [0.2, 0.25) is 5.95 Å². The van der Waals surface area contributed by atoms with E-state index >= 15 is 0 Å². The molecule has 0 unspecified atom stereocenters. The maximum Gasteiger partial charge on any atom is 0.232 e. The third kappa shape index (κ3) is 4.91. The Morgan fingerprint density at radius 1 is 1.06 bits per heavy atom.